The van der Waals surface area contributed by atoms with E-state index in [1.54, 1.807) is 6.92 Å². The quantitative estimate of drug-likeness (QED) is 0.614. The summed E-state index contributed by atoms with van der Waals surface area (Å²) in [4.78, 5) is 12.3. The second kappa shape index (κ2) is 8.37. The van der Waals surface area contributed by atoms with E-state index in [4.69, 9.17) is 0 Å². The molecule has 0 saturated heterocycles. The zero-order chi connectivity index (χ0) is 22.1. The van der Waals surface area contributed by atoms with Gasteiger partial charge in [-0.1, -0.05) is 6.07 Å². The van der Waals surface area contributed by atoms with Crippen molar-refractivity contribution >= 4 is 21.6 Å². The normalized spacial score (nSPS) is 21.3. The Morgan fingerprint density at radius 2 is 1.93 bits per heavy atom. The van der Waals surface area contributed by atoms with Crippen LogP contribution in [0.25, 0.3) is 0 Å². The molecule has 3 rings (SSSR count). The predicted molar refractivity (Wildman–Crippen MR) is 104 cm³/mol. The topological polar surface area (TPSA) is 95.5 Å². The van der Waals surface area contributed by atoms with Crippen molar-refractivity contribution in [1.29, 1.82) is 0 Å². The van der Waals surface area contributed by atoms with Crippen molar-refractivity contribution in [3.8, 4) is 0 Å². The van der Waals surface area contributed by atoms with Gasteiger partial charge in [0.2, 0.25) is 10.0 Å². The minimum atomic E-state index is -3.98. The highest BCUT2D eigenvalue weighted by Crippen LogP contribution is 2.41. The number of hydrogen-bond donors (Lipinski definition) is 3. The average Bonchev–Trinajstić information content (AvgIpc) is 2.67. The Balaban J connectivity index is 1.65. The molecule has 1 aliphatic rings. The van der Waals surface area contributed by atoms with E-state index in [0.29, 0.717) is 11.3 Å². The summed E-state index contributed by atoms with van der Waals surface area (Å²) < 4.78 is 66.0. The van der Waals surface area contributed by atoms with Crippen LogP contribution < -0.4 is 10.0 Å². The molecule has 0 bridgehead atoms. The smallest absolute Gasteiger partial charge is 0.266 e. The first-order valence-corrected chi connectivity index (χ1v) is 10.7. The number of aryl methyl sites for hydroxylation is 1. The van der Waals surface area contributed by atoms with Gasteiger partial charge >= 0.3 is 0 Å². The molecule has 30 heavy (non-hydrogen) atoms. The van der Waals surface area contributed by atoms with Gasteiger partial charge in [-0.15, -0.1) is 0 Å². The molecule has 1 amide bonds. The standard InChI is InChI=1S/C20H21F3N2O4S/c1-12-7-15(5-6-17(12)21)25-18(26)14-3-2-4-16(8-14)30(28,29)24-11-13-9-20(27,10-13)19(22)23/h2-8,13,19,24,27H,9-11H2,1H3,(H,25,26). The number of carbonyl (C=O) groups is 1. The number of carbonyl (C=O) groups excluding carboxylic acids is 1. The molecule has 10 heteroatoms. The highest BCUT2D eigenvalue weighted by Gasteiger charge is 2.49. The summed E-state index contributed by atoms with van der Waals surface area (Å²) in [6.45, 7) is 1.46. The Bertz CT molecular complexity index is 1050. The van der Waals surface area contributed by atoms with Gasteiger partial charge in [-0.25, -0.2) is 26.3 Å². The van der Waals surface area contributed by atoms with Gasteiger partial charge in [-0.05, 0) is 67.6 Å². The summed E-state index contributed by atoms with van der Waals surface area (Å²) in [6.07, 6.45) is -3.25. The van der Waals surface area contributed by atoms with Gasteiger partial charge < -0.3 is 10.4 Å². The number of aliphatic hydroxyl groups is 1. The van der Waals surface area contributed by atoms with Crippen LogP contribution in [0.2, 0.25) is 0 Å². The Hall–Kier alpha value is -2.43. The molecule has 2 aromatic carbocycles. The van der Waals surface area contributed by atoms with Gasteiger partial charge in [-0.3, -0.25) is 4.79 Å². The van der Waals surface area contributed by atoms with Gasteiger partial charge in [0.25, 0.3) is 12.3 Å². The van der Waals surface area contributed by atoms with E-state index >= 15 is 0 Å². The minimum absolute atomic E-state index is 0.0792. The zero-order valence-corrected chi connectivity index (χ0v) is 16.8. The largest absolute Gasteiger partial charge is 0.384 e. The Morgan fingerprint density at radius 3 is 2.57 bits per heavy atom. The fraction of sp³-hybridized carbons (Fsp3) is 0.350. The molecule has 0 aliphatic heterocycles. The van der Waals surface area contributed by atoms with E-state index in [0.717, 1.165) is 0 Å². The van der Waals surface area contributed by atoms with Gasteiger partial charge in [0.05, 0.1) is 4.90 Å². The van der Waals surface area contributed by atoms with Crippen LogP contribution in [0.3, 0.4) is 0 Å². The molecule has 0 spiro atoms. The predicted octanol–water partition coefficient (Wildman–Crippen LogP) is 3.07. The number of sulfonamides is 1. The molecule has 0 radical (unpaired) electrons. The van der Waals surface area contributed by atoms with Crippen LogP contribution in [0.5, 0.6) is 0 Å². The monoisotopic (exact) mass is 442 g/mol. The molecule has 2 aromatic rings. The van der Waals surface area contributed by atoms with Crippen LogP contribution in [0.4, 0.5) is 18.9 Å². The van der Waals surface area contributed by atoms with E-state index in [1.165, 1.54) is 42.5 Å². The van der Waals surface area contributed by atoms with Crippen molar-refractivity contribution in [2.24, 2.45) is 5.92 Å². The van der Waals surface area contributed by atoms with Gasteiger partial charge in [0.1, 0.15) is 11.4 Å². The van der Waals surface area contributed by atoms with E-state index in [1.807, 2.05) is 0 Å². The Labute approximate surface area is 172 Å². The zero-order valence-electron chi connectivity index (χ0n) is 16.0. The van der Waals surface area contributed by atoms with Crippen molar-refractivity contribution in [3.63, 3.8) is 0 Å². The van der Waals surface area contributed by atoms with Crippen molar-refractivity contribution in [1.82, 2.24) is 4.72 Å². The second-order valence-electron chi connectivity index (χ2n) is 7.48. The lowest BCUT2D eigenvalue weighted by atomic mass is 9.71. The van der Waals surface area contributed by atoms with Crippen LogP contribution >= 0.6 is 0 Å². The molecule has 1 fully saturated rings. The molecule has 0 aromatic heterocycles. The first kappa shape index (κ1) is 22.3. The molecule has 0 atom stereocenters. The lowest BCUT2D eigenvalue weighted by molar-refractivity contribution is -0.166. The third-order valence-electron chi connectivity index (χ3n) is 5.07. The van der Waals surface area contributed by atoms with E-state index in [9.17, 15) is 31.5 Å². The fourth-order valence-electron chi connectivity index (χ4n) is 3.30. The van der Waals surface area contributed by atoms with Crippen LogP contribution in [0.1, 0.15) is 28.8 Å². The molecule has 0 heterocycles. The van der Waals surface area contributed by atoms with Gasteiger partial charge in [0.15, 0.2) is 0 Å². The molecule has 1 saturated carbocycles. The maximum Gasteiger partial charge on any atom is 0.266 e. The van der Waals surface area contributed by atoms with E-state index in [2.05, 4.69) is 10.0 Å². The summed E-state index contributed by atoms with van der Waals surface area (Å²) in [5, 5.41) is 12.1. The first-order chi connectivity index (χ1) is 14.0. The number of benzene rings is 2. The summed E-state index contributed by atoms with van der Waals surface area (Å²) in [6, 6.07) is 9.38. The molecule has 3 N–H and O–H groups in total. The van der Waals surface area contributed by atoms with Crippen molar-refractivity contribution in [2.45, 2.75) is 36.7 Å². The molecule has 6 nitrogen and oxygen atoms in total. The fourth-order valence-corrected chi connectivity index (χ4v) is 4.47. The third kappa shape index (κ3) is 4.82. The minimum Gasteiger partial charge on any atom is -0.384 e. The molecule has 162 valence electrons. The first-order valence-electron chi connectivity index (χ1n) is 9.18. The van der Waals surface area contributed by atoms with E-state index < -0.39 is 39.7 Å². The molecule has 1 aliphatic carbocycles. The summed E-state index contributed by atoms with van der Waals surface area (Å²) in [7, 11) is -3.98. The lowest BCUT2D eigenvalue weighted by Crippen LogP contribution is -2.52. The number of rotatable bonds is 7. The van der Waals surface area contributed by atoms with Crippen molar-refractivity contribution in [3.05, 3.63) is 59.4 Å². The van der Waals surface area contributed by atoms with E-state index in [-0.39, 0.29) is 29.8 Å². The molecular weight excluding hydrogens is 421 g/mol. The van der Waals surface area contributed by atoms with Crippen LogP contribution in [0.15, 0.2) is 47.4 Å². The number of amides is 1. The lowest BCUT2D eigenvalue weighted by Gasteiger charge is -2.42. The highest BCUT2D eigenvalue weighted by atomic mass is 32.2. The maximum absolute atomic E-state index is 13.3. The Morgan fingerprint density at radius 1 is 1.23 bits per heavy atom. The summed E-state index contributed by atoms with van der Waals surface area (Å²) in [5.41, 5.74) is -1.26. The number of nitrogens with one attached hydrogen (secondary N) is 2. The van der Waals surface area contributed by atoms with Crippen molar-refractivity contribution in [2.75, 3.05) is 11.9 Å². The maximum atomic E-state index is 13.3. The second-order valence-corrected chi connectivity index (χ2v) is 9.24. The number of alkyl halides is 2. The van der Waals surface area contributed by atoms with Crippen molar-refractivity contribution < 1.29 is 31.5 Å². The molecular formula is C20H21F3N2O4S. The summed E-state index contributed by atoms with van der Waals surface area (Å²) in [5.74, 6) is -1.38. The van der Waals surface area contributed by atoms with Crippen LogP contribution in [0, 0.1) is 18.7 Å². The van der Waals surface area contributed by atoms with Crippen LogP contribution in [-0.4, -0.2) is 38.0 Å². The molecule has 0 unspecified atom stereocenters. The number of anilines is 1. The average molecular weight is 442 g/mol. The third-order valence-corrected chi connectivity index (χ3v) is 6.50. The number of halogens is 3. The van der Waals surface area contributed by atoms with Gasteiger partial charge in [-0.2, -0.15) is 0 Å². The SMILES string of the molecule is Cc1cc(NC(=O)c2cccc(S(=O)(=O)NCC3CC(O)(C(F)F)C3)c2)ccc1F. The Kier molecular flexibility index (Phi) is 6.21. The van der Waals surface area contributed by atoms with Gasteiger partial charge in [0, 0.05) is 17.8 Å². The van der Waals surface area contributed by atoms with Crippen LogP contribution in [-0.2, 0) is 10.0 Å². The summed E-state index contributed by atoms with van der Waals surface area (Å²) >= 11 is 0. The highest BCUT2D eigenvalue weighted by molar-refractivity contribution is 7.89. The number of hydrogen-bond acceptors (Lipinski definition) is 4.